The van der Waals surface area contributed by atoms with Gasteiger partial charge in [0.2, 0.25) is 5.78 Å². The van der Waals surface area contributed by atoms with Crippen molar-refractivity contribution in [3.8, 4) is 0 Å². The van der Waals surface area contributed by atoms with Crippen LogP contribution in [0.25, 0.3) is 22.1 Å². The zero-order valence-electron chi connectivity index (χ0n) is 16.3. The molecule has 0 aliphatic carbocycles. The van der Waals surface area contributed by atoms with Gasteiger partial charge in [0.25, 0.3) is 5.56 Å². The number of nitrogens with zero attached hydrogens (tertiary/aromatic N) is 4. The molecule has 0 unspecified atom stereocenters. The average Bonchev–Trinajstić information content (AvgIpc) is 3.36. The lowest BCUT2D eigenvalue weighted by Crippen LogP contribution is -2.19. The van der Waals surface area contributed by atoms with Gasteiger partial charge in [-0.15, -0.1) is 21.5 Å². The second-order valence-corrected chi connectivity index (χ2v) is 7.93. The minimum absolute atomic E-state index is 0.0419. The first kappa shape index (κ1) is 19.1. The number of hydrogen-bond acceptors (Lipinski definition) is 6. The molecule has 4 aromatic rings. The van der Waals surface area contributed by atoms with Gasteiger partial charge in [0.15, 0.2) is 12.4 Å². The van der Waals surface area contributed by atoms with Gasteiger partial charge >= 0.3 is 5.97 Å². The Morgan fingerprint density at radius 3 is 2.69 bits per heavy atom. The van der Waals surface area contributed by atoms with Crippen LogP contribution in [0.3, 0.4) is 0 Å². The molecule has 0 amide bonds. The van der Waals surface area contributed by atoms with Gasteiger partial charge in [-0.05, 0) is 34.6 Å². The fourth-order valence-corrected chi connectivity index (χ4v) is 3.94. The highest BCUT2D eigenvalue weighted by Crippen LogP contribution is 2.19. The molecule has 0 aliphatic heterocycles. The SMILES string of the molecule is CC(C)c1ccc(C=CC(=O)OCc2nnc3n(C)c(=O)c4sccc4n23)cc1. The molecule has 0 saturated heterocycles. The Labute approximate surface area is 170 Å². The first-order chi connectivity index (χ1) is 14.0. The molecular formula is C21H20N4O3S. The summed E-state index contributed by atoms with van der Waals surface area (Å²) < 4.78 is 9.14. The van der Waals surface area contributed by atoms with Crippen LogP contribution in [0.5, 0.6) is 0 Å². The van der Waals surface area contributed by atoms with Crippen molar-refractivity contribution < 1.29 is 9.53 Å². The molecule has 0 saturated carbocycles. The normalized spacial score (nSPS) is 11.9. The van der Waals surface area contributed by atoms with E-state index in [2.05, 4.69) is 24.0 Å². The lowest BCUT2D eigenvalue weighted by molar-refractivity contribution is -0.139. The second-order valence-electron chi connectivity index (χ2n) is 7.01. The topological polar surface area (TPSA) is 78.5 Å². The van der Waals surface area contributed by atoms with E-state index in [-0.39, 0.29) is 12.2 Å². The van der Waals surface area contributed by atoms with E-state index in [0.717, 1.165) is 5.56 Å². The fraction of sp³-hybridized carbons (Fsp3) is 0.238. The van der Waals surface area contributed by atoms with Gasteiger partial charge in [0, 0.05) is 13.1 Å². The monoisotopic (exact) mass is 408 g/mol. The molecule has 4 rings (SSSR count). The number of thiophene rings is 1. The molecule has 3 heterocycles. The molecule has 0 aliphatic rings. The van der Waals surface area contributed by atoms with Gasteiger partial charge in [0.1, 0.15) is 4.70 Å². The van der Waals surface area contributed by atoms with Crippen LogP contribution in [-0.2, 0) is 23.2 Å². The number of aromatic nitrogens is 4. The van der Waals surface area contributed by atoms with Crippen molar-refractivity contribution in [1.82, 2.24) is 19.2 Å². The Morgan fingerprint density at radius 1 is 1.21 bits per heavy atom. The van der Waals surface area contributed by atoms with Gasteiger partial charge in [0.05, 0.1) is 5.52 Å². The van der Waals surface area contributed by atoms with Crippen LogP contribution in [0.1, 0.15) is 36.7 Å². The quantitative estimate of drug-likeness (QED) is 0.373. The number of carbonyl (C=O) groups excluding carboxylic acids is 1. The van der Waals surface area contributed by atoms with Crippen LogP contribution in [-0.4, -0.2) is 25.1 Å². The third-order valence-electron chi connectivity index (χ3n) is 4.76. The van der Waals surface area contributed by atoms with E-state index < -0.39 is 5.97 Å². The van der Waals surface area contributed by atoms with E-state index in [1.54, 1.807) is 17.5 Å². The van der Waals surface area contributed by atoms with Gasteiger partial charge < -0.3 is 4.74 Å². The summed E-state index contributed by atoms with van der Waals surface area (Å²) >= 11 is 1.36. The van der Waals surface area contributed by atoms with Crippen LogP contribution in [0.4, 0.5) is 0 Å². The molecule has 0 N–H and O–H groups in total. The van der Waals surface area contributed by atoms with Crippen molar-refractivity contribution in [3.63, 3.8) is 0 Å². The molecule has 148 valence electrons. The van der Waals surface area contributed by atoms with E-state index >= 15 is 0 Å². The molecule has 0 atom stereocenters. The number of fused-ring (bicyclic) bond motifs is 3. The zero-order chi connectivity index (χ0) is 20.5. The van der Waals surface area contributed by atoms with Crippen molar-refractivity contribution in [2.24, 2.45) is 7.05 Å². The Bertz CT molecular complexity index is 1280. The standard InChI is InChI=1S/C21H20N4O3S/c1-13(2)15-7-4-14(5-8-15)6-9-18(26)28-12-17-22-23-21-24(3)20(27)19-16(25(17)21)10-11-29-19/h4-11,13H,12H2,1-3H3. The van der Waals surface area contributed by atoms with Crippen molar-refractivity contribution >= 4 is 39.4 Å². The first-order valence-electron chi connectivity index (χ1n) is 9.20. The Kier molecular flexibility index (Phi) is 5.02. The highest BCUT2D eigenvalue weighted by atomic mass is 32.1. The van der Waals surface area contributed by atoms with Crippen molar-refractivity contribution in [2.75, 3.05) is 0 Å². The van der Waals surface area contributed by atoms with Crippen LogP contribution in [0.15, 0.2) is 46.6 Å². The molecule has 8 heteroatoms. The Morgan fingerprint density at radius 2 is 1.97 bits per heavy atom. The molecule has 1 aromatic carbocycles. The van der Waals surface area contributed by atoms with Crippen LogP contribution >= 0.6 is 11.3 Å². The zero-order valence-corrected chi connectivity index (χ0v) is 17.1. The van der Waals surface area contributed by atoms with Gasteiger partial charge in [-0.2, -0.15) is 0 Å². The van der Waals surface area contributed by atoms with Gasteiger partial charge in [-0.25, -0.2) is 4.79 Å². The molecule has 0 spiro atoms. The minimum Gasteiger partial charge on any atom is -0.454 e. The smallest absolute Gasteiger partial charge is 0.331 e. The molecular weight excluding hydrogens is 388 g/mol. The van der Waals surface area contributed by atoms with Crippen LogP contribution in [0.2, 0.25) is 0 Å². The van der Waals surface area contributed by atoms with E-state index in [1.807, 2.05) is 35.7 Å². The molecule has 0 radical (unpaired) electrons. The van der Waals surface area contributed by atoms with Gasteiger partial charge in [-0.1, -0.05) is 38.1 Å². The average molecular weight is 408 g/mol. The number of ether oxygens (including phenoxy) is 1. The summed E-state index contributed by atoms with van der Waals surface area (Å²) in [6.07, 6.45) is 3.11. The molecule has 0 bridgehead atoms. The largest absolute Gasteiger partial charge is 0.454 e. The highest BCUT2D eigenvalue weighted by molar-refractivity contribution is 7.17. The van der Waals surface area contributed by atoms with Gasteiger partial charge in [-0.3, -0.25) is 13.8 Å². The molecule has 7 nitrogen and oxygen atoms in total. The summed E-state index contributed by atoms with van der Waals surface area (Å²) in [4.78, 5) is 24.5. The van der Waals surface area contributed by atoms with Crippen LogP contribution in [0, 0.1) is 0 Å². The lowest BCUT2D eigenvalue weighted by Gasteiger charge is -2.05. The Hall–Kier alpha value is -3.26. The maximum absolute atomic E-state index is 12.4. The predicted molar refractivity (Wildman–Crippen MR) is 113 cm³/mol. The summed E-state index contributed by atoms with van der Waals surface area (Å²) in [5, 5.41) is 10.0. The highest BCUT2D eigenvalue weighted by Gasteiger charge is 2.16. The Balaban J connectivity index is 1.51. The summed E-state index contributed by atoms with van der Waals surface area (Å²) in [5.74, 6) is 0.862. The summed E-state index contributed by atoms with van der Waals surface area (Å²) in [5.41, 5.74) is 2.77. The number of benzene rings is 1. The number of rotatable bonds is 5. The lowest BCUT2D eigenvalue weighted by atomic mass is 10.0. The summed E-state index contributed by atoms with van der Waals surface area (Å²) in [6.45, 7) is 4.23. The second kappa shape index (κ2) is 7.63. The van der Waals surface area contributed by atoms with E-state index in [4.69, 9.17) is 4.74 Å². The fourth-order valence-electron chi connectivity index (χ4n) is 3.09. The number of esters is 1. The van der Waals surface area contributed by atoms with E-state index in [1.165, 1.54) is 27.5 Å². The maximum atomic E-state index is 12.4. The summed E-state index contributed by atoms with van der Waals surface area (Å²) in [6, 6.07) is 9.88. The molecule has 0 fully saturated rings. The predicted octanol–water partition coefficient (Wildman–Crippen LogP) is 3.52. The molecule has 29 heavy (non-hydrogen) atoms. The molecule has 3 aromatic heterocycles. The number of aryl methyl sites for hydroxylation is 1. The minimum atomic E-state index is -0.471. The number of carbonyl (C=O) groups is 1. The van der Waals surface area contributed by atoms with Crippen LogP contribution < -0.4 is 5.56 Å². The third kappa shape index (κ3) is 3.58. The van der Waals surface area contributed by atoms with E-state index in [0.29, 0.717) is 27.7 Å². The van der Waals surface area contributed by atoms with Crippen molar-refractivity contribution in [3.05, 3.63) is 69.1 Å². The third-order valence-corrected chi connectivity index (χ3v) is 5.65. The maximum Gasteiger partial charge on any atom is 0.331 e. The van der Waals surface area contributed by atoms with Crippen molar-refractivity contribution in [1.29, 1.82) is 0 Å². The van der Waals surface area contributed by atoms with E-state index in [9.17, 15) is 9.59 Å². The van der Waals surface area contributed by atoms with Crippen molar-refractivity contribution in [2.45, 2.75) is 26.4 Å². The number of hydrogen-bond donors (Lipinski definition) is 0. The first-order valence-corrected chi connectivity index (χ1v) is 10.1. The summed E-state index contributed by atoms with van der Waals surface area (Å²) in [7, 11) is 1.65.